The van der Waals surface area contributed by atoms with Crippen LogP contribution in [0.25, 0.3) is 22.6 Å². The summed E-state index contributed by atoms with van der Waals surface area (Å²) in [4.78, 5) is 19.3. The molecule has 1 radical (unpaired) electrons. The monoisotopic (exact) mass is 196 g/mol. The van der Waals surface area contributed by atoms with Gasteiger partial charge in [-0.05, 0) is 12.1 Å². The first-order chi connectivity index (χ1) is 7.43. The maximum absolute atomic E-state index is 4.31. The van der Waals surface area contributed by atoms with E-state index in [-0.39, 0.29) is 0 Å². The lowest BCUT2D eigenvalue weighted by atomic mass is 10.3. The van der Waals surface area contributed by atoms with Crippen molar-refractivity contribution in [3.63, 3.8) is 0 Å². The van der Waals surface area contributed by atoms with E-state index in [4.69, 9.17) is 0 Å². The number of fused-ring (bicyclic) bond motifs is 1. The summed E-state index contributed by atoms with van der Waals surface area (Å²) in [6, 6.07) is 3.73. The third kappa shape index (κ3) is 1.34. The van der Waals surface area contributed by atoms with Gasteiger partial charge in [0.1, 0.15) is 23.9 Å². The van der Waals surface area contributed by atoms with E-state index in [1.165, 1.54) is 6.33 Å². The average molecular weight is 196 g/mol. The van der Waals surface area contributed by atoms with Crippen LogP contribution in [0.2, 0.25) is 0 Å². The van der Waals surface area contributed by atoms with Crippen LogP contribution in [0, 0.1) is 6.20 Å². The van der Waals surface area contributed by atoms with Crippen LogP contribution in [0.15, 0.2) is 30.9 Å². The molecule has 3 heterocycles. The van der Waals surface area contributed by atoms with Crippen molar-refractivity contribution in [1.82, 2.24) is 24.9 Å². The molecule has 0 bridgehead atoms. The smallest absolute Gasteiger partial charge is 0.181 e. The molecule has 0 saturated carbocycles. The van der Waals surface area contributed by atoms with Crippen molar-refractivity contribution in [2.45, 2.75) is 0 Å². The van der Waals surface area contributed by atoms with E-state index in [1.54, 1.807) is 12.4 Å². The van der Waals surface area contributed by atoms with Gasteiger partial charge < -0.3 is 4.98 Å². The van der Waals surface area contributed by atoms with E-state index < -0.39 is 0 Å². The first-order valence-corrected chi connectivity index (χ1v) is 4.42. The molecule has 3 aromatic heterocycles. The lowest BCUT2D eigenvalue weighted by Gasteiger charge is -1.91. The first kappa shape index (κ1) is 8.05. The minimum atomic E-state index is 0.650. The number of aromatic nitrogens is 5. The highest BCUT2D eigenvalue weighted by molar-refractivity contribution is 5.74. The molecule has 0 aliphatic carbocycles. The van der Waals surface area contributed by atoms with Crippen LogP contribution in [0.5, 0.6) is 0 Å². The van der Waals surface area contributed by atoms with Crippen molar-refractivity contribution in [2.75, 3.05) is 0 Å². The van der Waals surface area contributed by atoms with Gasteiger partial charge in [-0.2, -0.15) is 0 Å². The Hall–Kier alpha value is -2.30. The van der Waals surface area contributed by atoms with Crippen LogP contribution < -0.4 is 0 Å². The molecular formula is C10H6N5. The maximum atomic E-state index is 4.31. The fourth-order valence-corrected chi connectivity index (χ4v) is 1.35. The maximum Gasteiger partial charge on any atom is 0.181 e. The Labute approximate surface area is 85.3 Å². The molecule has 1 N–H and O–H groups in total. The number of hydrogen-bond acceptors (Lipinski definition) is 4. The van der Waals surface area contributed by atoms with Crippen LogP contribution in [-0.4, -0.2) is 24.9 Å². The van der Waals surface area contributed by atoms with Gasteiger partial charge in [-0.25, -0.2) is 15.0 Å². The Bertz CT molecular complexity index is 554. The fraction of sp³-hybridized carbons (Fsp3) is 0. The lowest BCUT2D eigenvalue weighted by molar-refractivity contribution is 1.20. The number of nitrogens with zero attached hydrogens (tertiary/aromatic N) is 4. The number of pyridine rings is 1. The Kier molecular flexibility index (Phi) is 1.68. The Morgan fingerprint density at radius 3 is 3.13 bits per heavy atom. The third-order valence-electron chi connectivity index (χ3n) is 2.03. The van der Waals surface area contributed by atoms with E-state index in [0.717, 1.165) is 11.1 Å². The van der Waals surface area contributed by atoms with Gasteiger partial charge in [-0.15, -0.1) is 0 Å². The minimum Gasteiger partial charge on any atom is -0.335 e. The van der Waals surface area contributed by atoms with E-state index >= 15 is 0 Å². The highest BCUT2D eigenvalue weighted by Crippen LogP contribution is 2.16. The Morgan fingerprint density at radius 1 is 1.33 bits per heavy atom. The summed E-state index contributed by atoms with van der Waals surface area (Å²) in [5.74, 6) is 0.707. The Balaban J connectivity index is 2.21. The van der Waals surface area contributed by atoms with Crippen LogP contribution >= 0.6 is 0 Å². The highest BCUT2D eigenvalue weighted by atomic mass is 15.0. The summed E-state index contributed by atoms with van der Waals surface area (Å²) < 4.78 is 0. The summed E-state index contributed by atoms with van der Waals surface area (Å²) >= 11 is 0. The predicted octanol–water partition coefficient (Wildman–Crippen LogP) is 1.22. The van der Waals surface area contributed by atoms with Gasteiger partial charge in [-0.3, -0.25) is 4.98 Å². The van der Waals surface area contributed by atoms with E-state index in [1.807, 2.05) is 12.1 Å². The van der Waals surface area contributed by atoms with Crippen LogP contribution in [-0.2, 0) is 0 Å². The van der Waals surface area contributed by atoms with Gasteiger partial charge in [0, 0.05) is 11.8 Å². The van der Waals surface area contributed by atoms with Gasteiger partial charge >= 0.3 is 0 Å². The van der Waals surface area contributed by atoms with Gasteiger partial charge in [0.25, 0.3) is 0 Å². The molecule has 0 atom stereocenters. The van der Waals surface area contributed by atoms with Crippen LogP contribution in [0.3, 0.4) is 0 Å². The van der Waals surface area contributed by atoms with Gasteiger partial charge in [0.15, 0.2) is 5.65 Å². The standard InChI is InChI=1S/C10H6N5/c1-2-7(4-11-3-1)9-14-8-5-12-6-13-10(8)15-9/h1-3,5-6H,(H,12,13,14,15). The van der Waals surface area contributed by atoms with Crippen molar-refractivity contribution >= 4 is 11.2 Å². The van der Waals surface area contributed by atoms with Crippen molar-refractivity contribution in [1.29, 1.82) is 0 Å². The summed E-state index contributed by atoms with van der Waals surface area (Å²) in [5, 5.41) is 0. The first-order valence-electron chi connectivity index (χ1n) is 4.42. The molecule has 0 aliphatic heterocycles. The van der Waals surface area contributed by atoms with Gasteiger partial charge in [-0.1, -0.05) is 0 Å². The quantitative estimate of drug-likeness (QED) is 0.635. The second-order valence-corrected chi connectivity index (χ2v) is 3.01. The number of nitrogens with one attached hydrogen (secondary N) is 1. The molecule has 0 aromatic carbocycles. The zero-order chi connectivity index (χ0) is 10.1. The van der Waals surface area contributed by atoms with Crippen LogP contribution in [0.4, 0.5) is 0 Å². The predicted molar refractivity (Wildman–Crippen MR) is 53.8 cm³/mol. The minimum absolute atomic E-state index is 0.650. The van der Waals surface area contributed by atoms with Gasteiger partial charge in [0.05, 0.1) is 6.20 Å². The molecule has 0 amide bonds. The topological polar surface area (TPSA) is 67.3 Å². The third-order valence-corrected chi connectivity index (χ3v) is 2.03. The second-order valence-electron chi connectivity index (χ2n) is 3.01. The average Bonchev–Trinajstić information content (AvgIpc) is 2.74. The molecule has 0 aliphatic rings. The van der Waals surface area contributed by atoms with Gasteiger partial charge in [0.2, 0.25) is 0 Å². The van der Waals surface area contributed by atoms with Crippen molar-refractivity contribution in [2.24, 2.45) is 0 Å². The fourth-order valence-electron chi connectivity index (χ4n) is 1.35. The van der Waals surface area contributed by atoms with Crippen molar-refractivity contribution in [3.8, 4) is 11.4 Å². The number of aromatic amines is 1. The SMILES string of the molecule is [c]1ncccc1-c1nc2ncncc2[nH]1. The molecule has 0 spiro atoms. The summed E-state index contributed by atoms with van der Waals surface area (Å²) in [7, 11) is 0. The summed E-state index contributed by atoms with van der Waals surface area (Å²) in [5.41, 5.74) is 2.28. The number of rotatable bonds is 1. The van der Waals surface area contributed by atoms with Crippen LogP contribution in [0.1, 0.15) is 0 Å². The highest BCUT2D eigenvalue weighted by Gasteiger charge is 2.05. The van der Waals surface area contributed by atoms with E-state index in [0.29, 0.717) is 11.5 Å². The molecular weight excluding hydrogens is 190 g/mol. The molecule has 5 heteroatoms. The van der Waals surface area contributed by atoms with Crippen molar-refractivity contribution in [3.05, 3.63) is 37.1 Å². The van der Waals surface area contributed by atoms with E-state index in [2.05, 4.69) is 31.1 Å². The molecule has 0 saturated heterocycles. The van der Waals surface area contributed by atoms with Crippen molar-refractivity contribution < 1.29 is 0 Å². The largest absolute Gasteiger partial charge is 0.335 e. The number of H-pyrrole nitrogens is 1. The molecule has 0 fully saturated rings. The molecule has 3 aromatic rings. The van der Waals surface area contributed by atoms with E-state index in [9.17, 15) is 0 Å². The Morgan fingerprint density at radius 2 is 2.33 bits per heavy atom. The molecule has 15 heavy (non-hydrogen) atoms. The second kappa shape index (κ2) is 3.13. The number of imidazole rings is 1. The summed E-state index contributed by atoms with van der Waals surface area (Å²) in [6.45, 7) is 0. The molecule has 5 nitrogen and oxygen atoms in total. The lowest BCUT2D eigenvalue weighted by Crippen LogP contribution is -1.81. The molecule has 71 valence electrons. The zero-order valence-corrected chi connectivity index (χ0v) is 7.68. The molecule has 3 rings (SSSR count). The molecule has 0 unspecified atom stereocenters. The number of hydrogen-bond donors (Lipinski definition) is 1. The normalized spacial score (nSPS) is 10.7. The zero-order valence-electron chi connectivity index (χ0n) is 7.68. The summed E-state index contributed by atoms with van der Waals surface area (Å²) in [6.07, 6.45) is 7.69.